The number of hydrogen-bond donors (Lipinski definition) is 1. The second-order valence-electron chi connectivity index (χ2n) is 4.15. The van der Waals surface area contributed by atoms with Crippen molar-refractivity contribution in [2.24, 2.45) is 0 Å². The first-order valence-electron chi connectivity index (χ1n) is 6.40. The molecule has 0 aliphatic carbocycles. The molecule has 0 spiro atoms. The van der Waals surface area contributed by atoms with Crippen LogP contribution in [0.15, 0.2) is 36.9 Å². The van der Waals surface area contributed by atoms with Gasteiger partial charge in [-0.15, -0.1) is 0 Å². The molecule has 3 heteroatoms. The Bertz CT molecular complexity index is 352. The van der Waals surface area contributed by atoms with E-state index in [4.69, 9.17) is 9.47 Å². The number of benzene rings is 1. The van der Waals surface area contributed by atoms with Gasteiger partial charge in [0.15, 0.2) is 0 Å². The molecule has 0 amide bonds. The summed E-state index contributed by atoms with van der Waals surface area (Å²) in [5, 5.41) is 3.42. The van der Waals surface area contributed by atoms with E-state index in [0.29, 0.717) is 12.6 Å². The quantitative estimate of drug-likeness (QED) is 0.683. The summed E-state index contributed by atoms with van der Waals surface area (Å²) in [7, 11) is 0. The maximum atomic E-state index is 5.61. The van der Waals surface area contributed by atoms with Crippen LogP contribution in [0.2, 0.25) is 0 Å². The first-order chi connectivity index (χ1) is 8.77. The molecule has 0 aliphatic rings. The van der Waals surface area contributed by atoms with Gasteiger partial charge in [0.1, 0.15) is 12.4 Å². The third kappa shape index (κ3) is 5.34. The zero-order chi connectivity index (χ0) is 13.2. The van der Waals surface area contributed by atoms with Crippen molar-refractivity contribution in [1.82, 2.24) is 5.32 Å². The third-order valence-corrected chi connectivity index (χ3v) is 2.54. The summed E-state index contributed by atoms with van der Waals surface area (Å²) in [5.41, 5.74) is 1.16. The second-order valence-corrected chi connectivity index (χ2v) is 4.15. The van der Waals surface area contributed by atoms with Gasteiger partial charge in [-0.25, -0.2) is 0 Å². The smallest absolute Gasteiger partial charge is 0.124 e. The number of nitrogens with one attached hydrogen (secondary N) is 1. The van der Waals surface area contributed by atoms with E-state index in [1.54, 1.807) is 6.08 Å². The fraction of sp³-hybridized carbons (Fsp3) is 0.467. The van der Waals surface area contributed by atoms with Gasteiger partial charge in [0.2, 0.25) is 0 Å². The van der Waals surface area contributed by atoms with Crippen molar-refractivity contribution in [2.45, 2.75) is 26.4 Å². The van der Waals surface area contributed by atoms with Crippen LogP contribution in [0.25, 0.3) is 0 Å². The molecule has 0 aromatic heterocycles. The lowest BCUT2D eigenvalue weighted by Crippen LogP contribution is -2.30. The largest absolute Gasteiger partial charge is 0.489 e. The van der Waals surface area contributed by atoms with E-state index in [-0.39, 0.29) is 0 Å². The van der Waals surface area contributed by atoms with Crippen LogP contribution in [0.5, 0.6) is 5.75 Å². The highest BCUT2D eigenvalue weighted by molar-refractivity contribution is 5.33. The first-order valence-corrected chi connectivity index (χ1v) is 6.40. The Balaban J connectivity index is 2.47. The molecule has 0 bridgehead atoms. The molecule has 18 heavy (non-hydrogen) atoms. The van der Waals surface area contributed by atoms with Crippen LogP contribution < -0.4 is 10.1 Å². The van der Waals surface area contributed by atoms with Gasteiger partial charge in [0.05, 0.1) is 6.61 Å². The molecule has 1 aromatic carbocycles. The number of para-hydroxylation sites is 1. The summed E-state index contributed by atoms with van der Waals surface area (Å²) in [6, 6.07) is 8.38. The average molecular weight is 249 g/mol. The minimum absolute atomic E-state index is 0.331. The minimum Gasteiger partial charge on any atom is -0.489 e. The van der Waals surface area contributed by atoms with Crippen molar-refractivity contribution in [3.63, 3.8) is 0 Å². The van der Waals surface area contributed by atoms with Crippen molar-refractivity contribution >= 4 is 0 Å². The van der Waals surface area contributed by atoms with Crippen molar-refractivity contribution in [1.29, 1.82) is 0 Å². The molecule has 0 saturated carbocycles. The average Bonchev–Trinajstić information content (AvgIpc) is 2.41. The fourth-order valence-corrected chi connectivity index (χ4v) is 1.58. The summed E-state index contributed by atoms with van der Waals surface area (Å²) in [6.45, 7) is 10.6. The van der Waals surface area contributed by atoms with Gasteiger partial charge in [0.25, 0.3) is 0 Å². The van der Waals surface area contributed by atoms with E-state index in [0.717, 1.165) is 31.1 Å². The molecule has 0 fully saturated rings. The van der Waals surface area contributed by atoms with Crippen molar-refractivity contribution in [3.05, 3.63) is 42.5 Å². The van der Waals surface area contributed by atoms with E-state index in [2.05, 4.69) is 24.9 Å². The molecule has 100 valence electrons. The Morgan fingerprint density at radius 1 is 1.39 bits per heavy atom. The van der Waals surface area contributed by atoms with Gasteiger partial charge in [-0.2, -0.15) is 0 Å². The zero-order valence-electron chi connectivity index (χ0n) is 11.3. The Morgan fingerprint density at radius 3 is 2.89 bits per heavy atom. The lowest BCUT2D eigenvalue weighted by molar-refractivity contribution is 0.127. The Kier molecular flexibility index (Phi) is 7.14. The topological polar surface area (TPSA) is 30.5 Å². The highest BCUT2D eigenvalue weighted by Gasteiger charge is 2.05. The molecule has 1 aromatic rings. The fourth-order valence-electron chi connectivity index (χ4n) is 1.58. The number of ether oxygens (including phenoxy) is 2. The summed E-state index contributed by atoms with van der Waals surface area (Å²) in [6.07, 6.45) is 1.75. The van der Waals surface area contributed by atoms with Gasteiger partial charge < -0.3 is 14.8 Å². The Labute approximate surface area is 110 Å². The lowest BCUT2D eigenvalue weighted by Gasteiger charge is -2.15. The van der Waals surface area contributed by atoms with Gasteiger partial charge >= 0.3 is 0 Å². The molecule has 1 atom stereocenters. The summed E-state index contributed by atoms with van der Waals surface area (Å²) < 4.78 is 11.0. The maximum absolute atomic E-state index is 5.61. The van der Waals surface area contributed by atoms with Crippen LogP contribution in [0.1, 0.15) is 19.4 Å². The van der Waals surface area contributed by atoms with Crippen LogP contribution in [0.4, 0.5) is 0 Å². The second kappa shape index (κ2) is 8.72. The number of hydrogen-bond acceptors (Lipinski definition) is 3. The molecule has 1 N–H and O–H groups in total. The molecule has 0 heterocycles. The summed E-state index contributed by atoms with van der Waals surface area (Å²) >= 11 is 0. The van der Waals surface area contributed by atoms with E-state index >= 15 is 0 Å². The highest BCUT2D eigenvalue weighted by Crippen LogP contribution is 2.17. The standard InChI is InChI=1S/C15H23NO2/c1-4-10-18-15-9-7-6-8-14(15)11-16-13(3)12-17-5-2/h4,6-9,13,16H,1,5,10-12H2,2-3H3. The molecule has 0 radical (unpaired) electrons. The molecule has 1 unspecified atom stereocenters. The number of rotatable bonds is 9. The lowest BCUT2D eigenvalue weighted by atomic mass is 10.2. The molecule has 0 aliphatic heterocycles. The van der Waals surface area contributed by atoms with Gasteiger partial charge in [-0.3, -0.25) is 0 Å². The molecule has 0 saturated heterocycles. The normalized spacial score (nSPS) is 12.1. The first kappa shape index (κ1) is 14.7. The van der Waals surface area contributed by atoms with Crippen LogP contribution in [0.3, 0.4) is 0 Å². The van der Waals surface area contributed by atoms with Gasteiger partial charge in [-0.05, 0) is 19.9 Å². The van der Waals surface area contributed by atoms with E-state index < -0.39 is 0 Å². The Hall–Kier alpha value is -1.32. The summed E-state index contributed by atoms with van der Waals surface area (Å²) in [4.78, 5) is 0. The SMILES string of the molecule is C=CCOc1ccccc1CNC(C)COCC. The van der Waals surface area contributed by atoms with Crippen molar-refractivity contribution in [3.8, 4) is 5.75 Å². The van der Waals surface area contributed by atoms with Crippen molar-refractivity contribution in [2.75, 3.05) is 19.8 Å². The van der Waals surface area contributed by atoms with E-state index in [9.17, 15) is 0 Å². The molecular weight excluding hydrogens is 226 g/mol. The van der Waals surface area contributed by atoms with E-state index in [1.165, 1.54) is 0 Å². The monoisotopic (exact) mass is 249 g/mol. The van der Waals surface area contributed by atoms with Crippen LogP contribution in [0, 0.1) is 0 Å². The van der Waals surface area contributed by atoms with Crippen molar-refractivity contribution < 1.29 is 9.47 Å². The third-order valence-electron chi connectivity index (χ3n) is 2.54. The molecule has 3 nitrogen and oxygen atoms in total. The molecule has 1 rings (SSSR count). The van der Waals surface area contributed by atoms with E-state index in [1.807, 2.05) is 25.1 Å². The molecular formula is C15H23NO2. The maximum Gasteiger partial charge on any atom is 0.124 e. The Morgan fingerprint density at radius 2 is 2.17 bits per heavy atom. The van der Waals surface area contributed by atoms with Crippen LogP contribution in [-0.4, -0.2) is 25.9 Å². The van der Waals surface area contributed by atoms with Crippen LogP contribution in [-0.2, 0) is 11.3 Å². The van der Waals surface area contributed by atoms with Crippen LogP contribution >= 0.6 is 0 Å². The van der Waals surface area contributed by atoms with Gasteiger partial charge in [0, 0.05) is 24.8 Å². The predicted molar refractivity (Wildman–Crippen MR) is 74.9 cm³/mol. The van der Waals surface area contributed by atoms with Gasteiger partial charge in [-0.1, -0.05) is 30.9 Å². The highest BCUT2D eigenvalue weighted by atomic mass is 16.5. The predicted octanol–water partition coefficient (Wildman–Crippen LogP) is 2.77. The minimum atomic E-state index is 0.331. The summed E-state index contributed by atoms with van der Waals surface area (Å²) in [5.74, 6) is 0.911. The zero-order valence-corrected chi connectivity index (χ0v) is 11.3.